The second-order valence-corrected chi connectivity index (χ2v) is 6.74. The molecule has 0 amide bonds. The van der Waals surface area contributed by atoms with Crippen LogP contribution in [0, 0.1) is 18.8 Å². The molecule has 0 unspecified atom stereocenters. The second kappa shape index (κ2) is 5.33. The summed E-state index contributed by atoms with van der Waals surface area (Å²) in [5.41, 5.74) is 0.506. The lowest BCUT2D eigenvalue weighted by molar-refractivity contribution is -0.00459. The highest BCUT2D eigenvalue weighted by molar-refractivity contribution is 7.10. The molecule has 0 spiro atoms. The van der Waals surface area contributed by atoms with E-state index >= 15 is 0 Å². The van der Waals surface area contributed by atoms with Gasteiger partial charge in [-0.3, -0.25) is 0 Å². The van der Waals surface area contributed by atoms with Gasteiger partial charge >= 0.3 is 0 Å². The third-order valence-electron chi connectivity index (χ3n) is 2.85. The van der Waals surface area contributed by atoms with E-state index in [9.17, 15) is 5.11 Å². The summed E-state index contributed by atoms with van der Waals surface area (Å²) in [6.45, 7) is 10.8. The molecule has 0 radical (unpaired) electrons. The van der Waals surface area contributed by atoms with Gasteiger partial charge in [-0.25, -0.2) is 0 Å². The molecule has 0 saturated carbocycles. The largest absolute Gasteiger partial charge is 0.385 e. The highest BCUT2D eigenvalue weighted by atomic mass is 32.1. The summed E-state index contributed by atoms with van der Waals surface area (Å²) in [4.78, 5) is 1.25. The van der Waals surface area contributed by atoms with Crippen molar-refractivity contribution in [3.63, 3.8) is 0 Å². The SMILES string of the molecule is Cc1sccc1C(O)(CC(C)C)CC(C)C. The molecule has 0 aliphatic heterocycles. The zero-order chi connectivity index (χ0) is 12.3. The first kappa shape index (κ1) is 13.7. The van der Waals surface area contributed by atoms with Gasteiger partial charge in [-0.1, -0.05) is 27.7 Å². The Bertz CT molecular complexity index is 315. The first-order chi connectivity index (χ1) is 7.35. The molecule has 0 aliphatic rings. The maximum absolute atomic E-state index is 10.9. The van der Waals surface area contributed by atoms with Crippen LogP contribution in [0.15, 0.2) is 11.4 Å². The van der Waals surface area contributed by atoms with Gasteiger partial charge in [0.1, 0.15) is 0 Å². The molecule has 2 heteroatoms. The maximum atomic E-state index is 10.9. The van der Waals surface area contributed by atoms with E-state index in [0.29, 0.717) is 11.8 Å². The van der Waals surface area contributed by atoms with Crippen LogP contribution >= 0.6 is 11.3 Å². The number of aryl methyl sites for hydroxylation is 1. The Labute approximate surface area is 104 Å². The monoisotopic (exact) mass is 240 g/mol. The van der Waals surface area contributed by atoms with E-state index in [0.717, 1.165) is 18.4 Å². The Balaban J connectivity index is 2.99. The summed E-state index contributed by atoms with van der Waals surface area (Å²) >= 11 is 1.73. The first-order valence-corrected chi connectivity index (χ1v) is 7.00. The minimum Gasteiger partial charge on any atom is -0.385 e. The lowest BCUT2D eigenvalue weighted by Gasteiger charge is -2.32. The molecule has 1 rings (SSSR count). The topological polar surface area (TPSA) is 20.2 Å². The van der Waals surface area contributed by atoms with Crippen LogP contribution in [0.2, 0.25) is 0 Å². The number of rotatable bonds is 5. The highest BCUT2D eigenvalue weighted by Gasteiger charge is 2.32. The van der Waals surface area contributed by atoms with Crippen LogP contribution in [0.4, 0.5) is 0 Å². The number of thiophene rings is 1. The number of hydrogen-bond donors (Lipinski definition) is 1. The predicted molar refractivity (Wildman–Crippen MR) is 71.9 cm³/mol. The minimum absolute atomic E-state index is 0.517. The van der Waals surface area contributed by atoms with Gasteiger partial charge in [0.05, 0.1) is 5.60 Å². The van der Waals surface area contributed by atoms with Gasteiger partial charge in [-0.15, -0.1) is 11.3 Å². The fourth-order valence-corrected chi connectivity index (χ4v) is 3.31. The Morgan fingerprint density at radius 1 is 1.19 bits per heavy atom. The average molecular weight is 240 g/mol. The minimum atomic E-state index is -0.633. The van der Waals surface area contributed by atoms with Crippen molar-refractivity contribution in [1.29, 1.82) is 0 Å². The van der Waals surface area contributed by atoms with Crippen molar-refractivity contribution in [3.05, 3.63) is 21.9 Å². The molecule has 0 fully saturated rings. The molecule has 0 saturated heterocycles. The summed E-state index contributed by atoms with van der Waals surface area (Å²) < 4.78 is 0. The molecular formula is C14H24OS. The summed E-state index contributed by atoms with van der Waals surface area (Å²) in [7, 11) is 0. The van der Waals surface area contributed by atoms with Crippen LogP contribution in [0.1, 0.15) is 51.0 Å². The predicted octanol–water partition coefficient (Wildman–Crippen LogP) is 4.34. The zero-order valence-electron chi connectivity index (χ0n) is 11.1. The smallest absolute Gasteiger partial charge is 0.0912 e. The van der Waals surface area contributed by atoms with E-state index in [4.69, 9.17) is 0 Å². The van der Waals surface area contributed by atoms with E-state index in [-0.39, 0.29) is 0 Å². The molecule has 1 heterocycles. The third kappa shape index (κ3) is 3.33. The fourth-order valence-electron chi connectivity index (χ4n) is 2.52. The van der Waals surface area contributed by atoms with E-state index in [1.54, 1.807) is 11.3 Å². The van der Waals surface area contributed by atoms with Crippen molar-refractivity contribution in [3.8, 4) is 0 Å². The standard InChI is InChI=1S/C14H24OS/c1-10(2)8-14(15,9-11(3)4)13-6-7-16-12(13)5/h6-7,10-11,15H,8-9H2,1-5H3. The Morgan fingerprint density at radius 3 is 2.00 bits per heavy atom. The summed E-state index contributed by atoms with van der Waals surface area (Å²) in [5.74, 6) is 1.03. The number of hydrogen-bond acceptors (Lipinski definition) is 2. The van der Waals surface area contributed by atoms with E-state index in [2.05, 4.69) is 46.1 Å². The lowest BCUT2D eigenvalue weighted by Crippen LogP contribution is -2.29. The van der Waals surface area contributed by atoms with Crippen molar-refractivity contribution in [2.75, 3.05) is 0 Å². The molecule has 1 nitrogen and oxygen atoms in total. The van der Waals surface area contributed by atoms with E-state index in [1.807, 2.05) is 0 Å². The lowest BCUT2D eigenvalue weighted by atomic mass is 9.80. The molecular weight excluding hydrogens is 216 g/mol. The molecule has 92 valence electrons. The van der Waals surface area contributed by atoms with Gasteiger partial charge < -0.3 is 5.11 Å². The van der Waals surface area contributed by atoms with Gasteiger partial charge in [0.15, 0.2) is 0 Å². The van der Waals surface area contributed by atoms with Crippen molar-refractivity contribution in [1.82, 2.24) is 0 Å². The van der Waals surface area contributed by atoms with Gasteiger partial charge in [0.25, 0.3) is 0 Å². The van der Waals surface area contributed by atoms with Crippen LogP contribution in [-0.2, 0) is 5.60 Å². The van der Waals surface area contributed by atoms with Crippen molar-refractivity contribution in [2.24, 2.45) is 11.8 Å². The molecule has 1 aromatic rings. The molecule has 0 atom stereocenters. The van der Waals surface area contributed by atoms with Crippen LogP contribution in [0.3, 0.4) is 0 Å². The van der Waals surface area contributed by atoms with Crippen molar-refractivity contribution in [2.45, 2.75) is 53.1 Å². The Kier molecular flexibility index (Phi) is 4.57. The third-order valence-corrected chi connectivity index (χ3v) is 3.70. The molecule has 1 N–H and O–H groups in total. The summed E-state index contributed by atoms with van der Waals surface area (Å²) in [5, 5.41) is 13.0. The fraction of sp³-hybridized carbons (Fsp3) is 0.714. The highest BCUT2D eigenvalue weighted by Crippen LogP contribution is 2.38. The molecule has 0 aliphatic carbocycles. The Hall–Kier alpha value is -0.340. The van der Waals surface area contributed by atoms with Crippen LogP contribution in [0.25, 0.3) is 0 Å². The van der Waals surface area contributed by atoms with E-state index < -0.39 is 5.60 Å². The zero-order valence-corrected chi connectivity index (χ0v) is 11.9. The van der Waals surface area contributed by atoms with Gasteiger partial charge in [-0.2, -0.15) is 0 Å². The molecule has 1 aromatic heterocycles. The first-order valence-electron chi connectivity index (χ1n) is 6.12. The van der Waals surface area contributed by atoms with Gasteiger partial charge in [0.2, 0.25) is 0 Å². The van der Waals surface area contributed by atoms with Crippen LogP contribution in [-0.4, -0.2) is 5.11 Å². The molecule has 0 bridgehead atoms. The summed E-state index contributed by atoms with van der Waals surface area (Å²) in [6.07, 6.45) is 1.70. The molecule has 16 heavy (non-hydrogen) atoms. The number of aliphatic hydroxyl groups is 1. The van der Waals surface area contributed by atoms with Crippen LogP contribution < -0.4 is 0 Å². The maximum Gasteiger partial charge on any atom is 0.0912 e. The normalized spacial score (nSPS) is 12.8. The van der Waals surface area contributed by atoms with E-state index in [1.165, 1.54) is 4.88 Å². The van der Waals surface area contributed by atoms with Crippen LogP contribution in [0.5, 0.6) is 0 Å². The van der Waals surface area contributed by atoms with Gasteiger partial charge in [0, 0.05) is 4.88 Å². The van der Waals surface area contributed by atoms with Crippen molar-refractivity contribution < 1.29 is 5.11 Å². The quantitative estimate of drug-likeness (QED) is 0.812. The van der Waals surface area contributed by atoms with Crippen molar-refractivity contribution >= 4 is 11.3 Å². The Morgan fingerprint density at radius 2 is 1.69 bits per heavy atom. The second-order valence-electron chi connectivity index (χ2n) is 5.62. The van der Waals surface area contributed by atoms with Gasteiger partial charge in [-0.05, 0) is 48.6 Å². The molecule has 0 aromatic carbocycles. The summed E-state index contributed by atoms with van der Waals surface area (Å²) in [6, 6.07) is 2.09. The average Bonchev–Trinajstić information content (AvgIpc) is 2.48.